The molecule has 1 aromatic carbocycles. The second-order valence-electron chi connectivity index (χ2n) is 8.62. The fourth-order valence-corrected chi connectivity index (χ4v) is 3.46. The Balaban J connectivity index is 3.01. The van der Waals surface area contributed by atoms with Crippen LogP contribution in [-0.2, 0) is 36.3 Å². The first-order valence-electron chi connectivity index (χ1n) is 11.4. The number of aliphatic carboxylic acids is 4. The van der Waals surface area contributed by atoms with Crippen LogP contribution < -0.4 is 5.32 Å². The molecule has 0 fully saturated rings. The second-order valence-corrected chi connectivity index (χ2v) is 8.62. The smallest absolute Gasteiger partial charge is 0.416 e. The molecular formula is C22H26F6N4O9. The molecule has 0 atom stereocenters. The van der Waals surface area contributed by atoms with E-state index in [2.05, 4.69) is 0 Å². The molecule has 1 rings (SSSR count). The molecule has 0 aliphatic heterocycles. The third-order valence-corrected chi connectivity index (χ3v) is 5.14. The lowest BCUT2D eigenvalue weighted by molar-refractivity contribution is -0.144. The molecule has 1 aromatic rings. The van der Waals surface area contributed by atoms with Crippen molar-refractivity contribution in [2.75, 3.05) is 64.2 Å². The molecule has 1 amide bonds. The zero-order valence-corrected chi connectivity index (χ0v) is 21.0. The number of alkyl halides is 6. The molecule has 0 saturated carbocycles. The molecule has 230 valence electrons. The highest BCUT2D eigenvalue weighted by Gasteiger charge is 2.37. The topological polar surface area (TPSA) is 188 Å². The number of hydrogen-bond acceptors (Lipinski definition) is 8. The van der Waals surface area contributed by atoms with Crippen molar-refractivity contribution in [2.45, 2.75) is 12.4 Å². The third kappa shape index (κ3) is 14.3. The summed E-state index contributed by atoms with van der Waals surface area (Å²) in [6.07, 6.45) is -10.3. The number of hydrogen-bond donors (Lipinski definition) is 5. The number of halogens is 6. The first-order chi connectivity index (χ1) is 18.8. The molecule has 0 saturated heterocycles. The molecule has 0 bridgehead atoms. The van der Waals surface area contributed by atoms with Crippen LogP contribution in [-0.4, -0.2) is 124 Å². The van der Waals surface area contributed by atoms with E-state index in [4.69, 9.17) is 20.4 Å². The predicted octanol–water partition coefficient (Wildman–Crippen LogP) is 0.907. The van der Waals surface area contributed by atoms with Crippen molar-refractivity contribution in [3.8, 4) is 0 Å². The zero-order chi connectivity index (χ0) is 31.5. The third-order valence-electron chi connectivity index (χ3n) is 5.14. The molecule has 0 aliphatic carbocycles. The summed E-state index contributed by atoms with van der Waals surface area (Å²) in [6, 6.07) is 0.393. The molecule has 0 unspecified atom stereocenters. The van der Waals surface area contributed by atoms with Gasteiger partial charge in [0.25, 0.3) is 0 Å². The molecule has 0 heterocycles. The van der Waals surface area contributed by atoms with E-state index in [1.165, 1.54) is 4.90 Å². The quantitative estimate of drug-likeness (QED) is 0.158. The summed E-state index contributed by atoms with van der Waals surface area (Å²) < 4.78 is 78.4. The minimum atomic E-state index is -5.17. The fraction of sp³-hybridized carbons (Fsp3) is 0.500. The number of carbonyl (C=O) groups is 5. The number of benzene rings is 1. The summed E-state index contributed by atoms with van der Waals surface area (Å²) in [6.45, 7) is -4.64. The fourth-order valence-electron chi connectivity index (χ4n) is 3.46. The summed E-state index contributed by atoms with van der Waals surface area (Å²) in [5.74, 6) is -6.68. The van der Waals surface area contributed by atoms with Crippen LogP contribution in [0.2, 0.25) is 0 Å². The van der Waals surface area contributed by atoms with Crippen molar-refractivity contribution < 1.29 is 70.7 Å². The summed E-state index contributed by atoms with van der Waals surface area (Å²) in [7, 11) is 0. The first kappa shape index (κ1) is 35.1. The Labute approximate surface area is 227 Å². The Hall–Kier alpha value is -3.97. The van der Waals surface area contributed by atoms with Crippen LogP contribution in [0.25, 0.3) is 0 Å². The molecule has 0 spiro atoms. The van der Waals surface area contributed by atoms with Crippen LogP contribution >= 0.6 is 0 Å². The van der Waals surface area contributed by atoms with Crippen LogP contribution in [0.3, 0.4) is 0 Å². The predicted molar refractivity (Wildman–Crippen MR) is 125 cm³/mol. The average Bonchev–Trinajstić information content (AvgIpc) is 2.77. The summed E-state index contributed by atoms with van der Waals surface area (Å²) >= 11 is 0. The Morgan fingerprint density at radius 1 is 0.561 bits per heavy atom. The van der Waals surface area contributed by atoms with Gasteiger partial charge in [-0.05, 0) is 18.2 Å². The van der Waals surface area contributed by atoms with Crippen LogP contribution in [0.4, 0.5) is 32.0 Å². The van der Waals surface area contributed by atoms with Gasteiger partial charge in [0.15, 0.2) is 0 Å². The maximum absolute atomic E-state index is 13.1. The van der Waals surface area contributed by atoms with Crippen LogP contribution in [0.5, 0.6) is 0 Å². The number of anilines is 1. The number of amides is 1. The van der Waals surface area contributed by atoms with Gasteiger partial charge in [-0.3, -0.25) is 38.7 Å². The molecule has 0 radical (unpaired) electrons. The lowest BCUT2D eigenvalue weighted by Crippen LogP contribution is -2.46. The van der Waals surface area contributed by atoms with Crippen molar-refractivity contribution in [2.24, 2.45) is 0 Å². The van der Waals surface area contributed by atoms with E-state index in [9.17, 15) is 50.3 Å². The molecule has 0 aliphatic rings. The Morgan fingerprint density at radius 3 is 1.22 bits per heavy atom. The average molecular weight is 604 g/mol. The van der Waals surface area contributed by atoms with Crippen molar-refractivity contribution in [3.05, 3.63) is 29.3 Å². The molecule has 19 heteroatoms. The molecular weight excluding hydrogens is 578 g/mol. The van der Waals surface area contributed by atoms with Gasteiger partial charge in [-0.2, -0.15) is 26.3 Å². The molecule has 41 heavy (non-hydrogen) atoms. The van der Waals surface area contributed by atoms with Crippen molar-refractivity contribution >= 4 is 35.5 Å². The highest BCUT2D eigenvalue weighted by atomic mass is 19.4. The number of carboxylic acid groups (broad SMARTS) is 4. The van der Waals surface area contributed by atoms with Crippen molar-refractivity contribution in [1.82, 2.24) is 14.7 Å². The van der Waals surface area contributed by atoms with Crippen molar-refractivity contribution in [1.29, 1.82) is 0 Å². The Kier molecular flexibility index (Phi) is 12.9. The van der Waals surface area contributed by atoms with Gasteiger partial charge in [-0.15, -0.1) is 0 Å². The lowest BCUT2D eigenvalue weighted by atomic mass is 10.1. The normalized spacial score (nSPS) is 12.1. The van der Waals surface area contributed by atoms with Gasteiger partial charge >= 0.3 is 36.2 Å². The second kappa shape index (κ2) is 15.1. The number of carboxylic acids is 4. The van der Waals surface area contributed by atoms with Crippen molar-refractivity contribution in [3.63, 3.8) is 0 Å². The lowest BCUT2D eigenvalue weighted by Gasteiger charge is -2.27. The number of nitrogens with one attached hydrogen (secondary N) is 1. The van der Waals surface area contributed by atoms with Crippen LogP contribution in [0.15, 0.2) is 18.2 Å². The first-order valence-corrected chi connectivity index (χ1v) is 11.4. The minimum Gasteiger partial charge on any atom is -0.480 e. The largest absolute Gasteiger partial charge is 0.480 e. The summed E-state index contributed by atoms with van der Waals surface area (Å²) in [5.41, 5.74) is -4.22. The molecule has 5 N–H and O–H groups in total. The van der Waals surface area contributed by atoms with E-state index in [1.54, 1.807) is 0 Å². The number of nitrogens with zero attached hydrogens (tertiary/aromatic N) is 3. The van der Waals surface area contributed by atoms with Gasteiger partial charge in [0, 0.05) is 31.9 Å². The Morgan fingerprint density at radius 2 is 0.878 bits per heavy atom. The number of rotatable bonds is 17. The van der Waals surface area contributed by atoms with Crippen LogP contribution in [0, 0.1) is 0 Å². The monoisotopic (exact) mass is 604 g/mol. The SMILES string of the molecule is O=C(O)CN(CCN(CC(=O)O)CC(=O)O)CCN(CC(=O)O)CC(=O)Nc1cc(C(F)(F)F)cc(C(F)(F)F)c1. The summed E-state index contributed by atoms with van der Waals surface area (Å²) in [4.78, 5) is 59.9. The van der Waals surface area contributed by atoms with E-state index in [1.807, 2.05) is 5.32 Å². The minimum absolute atomic E-state index is 0.141. The van der Waals surface area contributed by atoms with Gasteiger partial charge < -0.3 is 25.7 Å². The Bertz CT molecular complexity index is 1070. The van der Waals surface area contributed by atoms with Gasteiger partial charge in [0.2, 0.25) is 5.91 Å². The highest BCUT2D eigenvalue weighted by molar-refractivity contribution is 5.92. The van der Waals surface area contributed by atoms with E-state index >= 15 is 0 Å². The number of carbonyl (C=O) groups excluding carboxylic acids is 1. The maximum Gasteiger partial charge on any atom is 0.416 e. The van der Waals surface area contributed by atoms with Crippen LogP contribution in [0.1, 0.15) is 11.1 Å². The van der Waals surface area contributed by atoms with E-state index in [-0.39, 0.29) is 44.4 Å². The van der Waals surface area contributed by atoms with Gasteiger partial charge in [-0.25, -0.2) is 0 Å². The highest BCUT2D eigenvalue weighted by Crippen LogP contribution is 2.37. The summed E-state index contributed by atoms with van der Waals surface area (Å²) in [5, 5.41) is 38.0. The molecule has 0 aromatic heterocycles. The van der Waals surface area contributed by atoms with E-state index < -0.39 is 91.7 Å². The van der Waals surface area contributed by atoms with Gasteiger partial charge in [-0.1, -0.05) is 0 Å². The van der Waals surface area contributed by atoms with Gasteiger partial charge in [0.05, 0.1) is 43.9 Å². The molecule has 13 nitrogen and oxygen atoms in total. The maximum atomic E-state index is 13.1. The standard InChI is InChI=1S/C22H26F6N4O9/c23-21(24,25)13-5-14(22(26,27)28)7-15(6-13)29-16(33)8-31(10-18(36)37)3-1-30(9-17(34)35)2-4-32(11-19(38)39)12-20(40)41/h5-7H,1-4,8-12H2,(H,29,33)(H,34,35)(H,36,37)(H,38,39)(H,40,41). The van der Waals surface area contributed by atoms with Gasteiger partial charge in [0.1, 0.15) is 0 Å². The van der Waals surface area contributed by atoms with E-state index in [0.717, 1.165) is 9.80 Å². The van der Waals surface area contributed by atoms with E-state index in [0.29, 0.717) is 0 Å². The zero-order valence-electron chi connectivity index (χ0n) is 21.0.